The average Bonchev–Trinajstić information content (AvgIpc) is 2.89. The molecule has 1 atom stereocenters. The number of hydrogen-bond acceptors (Lipinski definition) is 3. The highest BCUT2D eigenvalue weighted by Gasteiger charge is 2.22. The number of amides is 1. The number of fused-ring (bicyclic) bond motifs is 1. The highest BCUT2D eigenvalue weighted by Crippen LogP contribution is 2.38. The summed E-state index contributed by atoms with van der Waals surface area (Å²) in [5, 5.41) is 2.97. The standard InChI is InChI=1S/C20H23NO3/c1-4-23-19-10-16-9-14(3)24-18(16)12-17(19)21-20(22)11-15-8-6-5-7-13(15)2/h5-8,10,12,14H,4,9,11H2,1-3H3,(H,21,22)/t14-/m1/s1. The third kappa shape index (κ3) is 3.53. The van der Waals surface area contributed by atoms with Gasteiger partial charge < -0.3 is 14.8 Å². The van der Waals surface area contributed by atoms with Crippen LogP contribution in [0.2, 0.25) is 0 Å². The summed E-state index contributed by atoms with van der Waals surface area (Å²) in [5.41, 5.74) is 3.94. The number of hydrogen-bond donors (Lipinski definition) is 1. The molecule has 126 valence electrons. The van der Waals surface area contributed by atoms with Gasteiger partial charge in [-0.2, -0.15) is 0 Å². The van der Waals surface area contributed by atoms with Gasteiger partial charge in [-0.05, 0) is 38.0 Å². The zero-order valence-electron chi connectivity index (χ0n) is 14.4. The smallest absolute Gasteiger partial charge is 0.228 e. The molecule has 0 saturated heterocycles. The van der Waals surface area contributed by atoms with Gasteiger partial charge >= 0.3 is 0 Å². The van der Waals surface area contributed by atoms with E-state index >= 15 is 0 Å². The molecule has 1 aliphatic rings. The van der Waals surface area contributed by atoms with E-state index < -0.39 is 0 Å². The third-order valence-corrected chi connectivity index (χ3v) is 4.18. The fourth-order valence-electron chi connectivity index (χ4n) is 2.99. The lowest BCUT2D eigenvalue weighted by atomic mass is 10.1. The first-order valence-electron chi connectivity index (χ1n) is 8.37. The normalized spacial score (nSPS) is 15.5. The van der Waals surface area contributed by atoms with Gasteiger partial charge in [-0.1, -0.05) is 24.3 Å². The zero-order chi connectivity index (χ0) is 17.1. The summed E-state index contributed by atoms with van der Waals surface area (Å²) >= 11 is 0. The van der Waals surface area contributed by atoms with Crippen LogP contribution in [0.3, 0.4) is 0 Å². The minimum absolute atomic E-state index is 0.0590. The Labute approximate surface area is 142 Å². The number of benzene rings is 2. The van der Waals surface area contributed by atoms with Crippen LogP contribution in [0, 0.1) is 6.92 Å². The van der Waals surface area contributed by atoms with E-state index in [2.05, 4.69) is 5.32 Å². The monoisotopic (exact) mass is 325 g/mol. The molecule has 1 N–H and O–H groups in total. The van der Waals surface area contributed by atoms with E-state index in [4.69, 9.17) is 9.47 Å². The van der Waals surface area contributed by atoms with Gasteiger partial charge in [0.25, 0.3) is 0 Å². The Morgan fingerprint density at radius 1 is 1.33 bits per heavy atom. The van der Waals surface area contributed by atoms with Crippen LogP contribution in [0.25, 0.3) is 0 Å². The molecule has 3 rings (SSSR count). The third-order valence-electron chi connectivity index (χ3n) is 4.18. The van der Waals surface area contributed by atoms with Gasteiger partial charge in [0, 0.05) is 18.1 Å². The Bertz CT molecular complexity index is 755. The van der Waals surface area contributed by atoms with Crippen molar-refractivity contribution >= 4 is 11.6 Å². The zero-order valence-corrected chi connectivity index (χ0v) is 14.4. The van der Waals surface area contributed by atoms with Crippen molar-refractivity contribution in [2.45, 2.75) is 39.7 Å². The molecule has 0 aromatic heterocycles. The number of carbonyl (C=O) groups is 1. The molecule has 0 bridgehead atoms. The summed E-state index contributed by atoms with van der Waals surface area (Å²) in [7, 11) is 0. The highest BCUT2D eigenvalue weighted by molar-refractivity contribution is 5.94. The molecule has 4 nitrogen and oxygen atoms in total. The number of nitrogens with one attached hydrogen (secondary N) is 1. The number of aryl methyl sites for hydroxylation is 1. The van der Waals surface area contributed by atoms with Crippen LogP contribution in [-0.2, 0) is 17.6 Å². The second kappa shape index (κ2) is 6.95. The van der Waals surface area contributed by atoms with Crippen LogP contribution in [0.1, 0.15) is 30.5 Å². The first-order valence-corrected chi connectivity index (χ1v) is 8.37. The van der Waals surface area contributed by atoms with Crippen molar-refractivity contribution in [3.63, 3.8) is 0 Å². The first kappa shape index (κ1) is 16.4. The second-order valence-electron chi connectivity index (χ2n) is 6.17. The van der Waals surface area contributed by atoms with Crippen molar-refractivity contribution in [1.82, 2.24) is 0 Å². The van der Waals surface area contributed by atoms with Gasteiger partial charge in [0.1, 0.15) is 17.6 Å². The summed E-state index contributed by atoms with van der Waals surface area (Å²) in [6.07, 6.45) is 1.37. The maximum atomic E-state index is 12.4. The van der Waals surface area contributed by atoms with E-state index in [0.717, 1.165) is 28.9 Å². The number of rotatable bonds is 5. The van der Waals surface area contributed by atoms with Gasteiger partial charge in [-0.15, -0.1) is 0 Å². The van der Waals surface area contributed by atoms with Gasteiger partial charge in [-0.25, -0.2) is 0 Å². The van der Waals surface area contributed by atoms with Crippen molar-refractivity contribution in [2.75, 3.05) is 11.9 Å². The van der Waals surface area contributed by atoms with Crippen LogP contribution < -0.4 is 14.8 Å². The Morgan fingerprint density at radius 3 is 2.88 bits per heavy atom. The van der Waals surface area contributed by atoms with Crippen molar-refractivity contribution in [3.8, 4) is 11.5 Å². The number of carbonyl (C=O) groups excluding carboxylic acids is 1. The van der Waals surface area contributed by atoms with E-state index in [1.807, 2.05) is 57.2 Å². The topological polar surface area (TPSA) is 47.6 Å². The minimum Gasteiger partial charge on any atom is -0.492 e. The van der Waals surface area contributed by atoms with Gasteiger partial charge in [0.05, 0.1) is 18.7 Å². The summed E-state index contributed by atoms with van der Waals surface area (Å²) in [5.74, 6) is 1.47. The van der Waals surface area contributed by atoms with Crippen molar-refractivity contribution in [3.05, 3.63) is 53.1 Å². The predicted molar refractivity (Wildman–Crippen MR) is 94.9 cm³/mol. The fraction of sp³-hybridized carbons (Fsp3) is 0.350. The Balaban J connectivity index is 1.80. The van der Waals surface area contributed by atoms with Crippen LogP contribution in [0.5, 0.6) is 11.5 Å². The molecule has 0 saturated carbocycles. The van der Waals surface area contributed by atoms with Crippen molar-refractivity contribution in [1.29, 1.82) is 0 Å². The fourth-order valence-corrected chi connectivity index (χ4v) is 2.99. The molecule has 1 amide bonds. The average molecular weight is 325 g/mol. The molecular formula is C20H23NO3. The Kier molecular flexibility index (Phi) is 4.74. The lowest BCUT2D eigenvalue weighted by molar-refractivity contribution is -0.115. The van der Waals surface area contributed by atoms with E-state index in [1.165, 1.54) is 0 Å². The molecular weight excluding hydrogens is 302 g/mol. The number of anilines is 1. The van der Waals surface area contributed by atoms with E-state index in [-0.39, 0.29) is 12.0 Å². The predicted octanol–water partition coefficient (Wildman–Crippen LogP) is 3.90. The van der Waals surface area contributed by atoms with Gasteiger partial charge in [-0.3, -0.25) is 4.79 Å². The van der Waals surface area contributed by atoms with Crippen LogP contribution >= 0.6 is 0 Å². The van der Waals surface area contributed by atoms with Gasteiger partial charge in [0.15, 0.2) is 0 Å². The SMILES string of the molecule is CCOc1cc2c(cc1NC(=O)Cc1ccccc1C)O[C@H](C)C2. The van der Waals surface area contributed by atoms with Crippen molar-refractivity contribution < 1.29 is 14.3 Å². The Morgan fingerprint density at radius 2 is 2.12 bits per heavy atom. The first-order chi connectivity index (χ1) is 11.6. The minimum atomic E-state index is -0.0590. The molecule has 1 heterocycles. The molecule has 0 unspecified atom stereocenters. The molecule has 0 radical (unpaired) electrons. The molecule has 2 aromatic rings. The summed E-state index contributed by atoms with van der Waals surface area (Å²) in [6.45, 7) is 6.54. The van der Waals surface area contributed by atoms with Crippen LogP contribution in [0.4, 0.5) is 5.69 Å². The van der Waals surface area contributed by atoms with E-state index in [0.29, 0.717) is 24.5 Å². The maximum absolute atomic E-state index is 12.4. The Hall–Kier alpha value is -2.49. The molecule has 0 aliphatic carbocycles. The summed E-state index contributed by atoms with van der Waals surface area (Å²) in [6, 6.07) is 11.8. The quantitative estimate of drug-likeness (QED) is 0.907. The summed E-state index contributed by atoms with van der Waals surface area (Å²) < 4.78 is 11.5. The largest absolute Gasteiger partial charge is 0.492 e. The molecule has 2 aromatic carbocycles. The second-order valence-corrected chi connectivity index (χ2v) is 6.17. The lowest BCUT2D eigenvalue weighted by Crippen LogP contribution is -2.16. The van der Waals surface area contributed by atoms with Crippen molar-refractivity contribution in [2.24, 2.45) is 0 Å². The molecule has 0 spiro atoms. The van der Waals surface area contributed by atoms with Crippen LogP contribution in [-0.4, -0.2) is 18.6 Å². The molecule has 24 heavy (non-hydrogen) atoms. The number of ether oxygens (including phenoxy) is 2. The lowest BCUT2D eigenvalue weighted by Gasteiger charge is -2.14. The highest BCUT2D eigenvalue weighted by atomic mass is 16.5. The molecule has 1 aliphatic heterocycles. The van der Waals surface area contributed by atoms with Crippen LogP contribution in [0.15, 0.2) is 36.4 Å². The molecule has 4 heteroatoms. The molecule has 0 fully saturated rings. The van der Waals surface area contributed by atoms with E-state index in [9.17, 15) is 4.79 Å². The van der Waals surface area contributed by atoms with E-state index in [1.54, 1.807) is 0 Å². The van der Waals surface area contributed by atoms with Gasteiger partial charge in [0.2, 0.25) is 5.91 Å². The maximum Gasteiger partial charge on any atom is 0.228 e. The summed E-state index contributed by atoms with van der Waals surface area (Å²) in [4.78, 5) is 12.4.